The number of carbonyl (C=O) groups is 2. The molecule has 0 saturated carbocycles. The molecule has 0 saturated heterocycles. The Morgan fingerprint density at radius 2 is 1.19 bits per heavy atom. The van der Waals surface area contributed by atoms with Gasteiger partial charge in [0, 0.05) is 24.3 Å². The van der Waals surface area contributed by atoms with Gasteiger partial charge in [0.05, 0.1) is 0 Å². The quantitative estimate of drug-likeness (QED) is 0.449. The summed E-state index contributed by atoms with van der Waals surface area (Å²) in [6, 6.07) is 0. The lowest BCUT2D eigenvalue weighted by atomic mass is 10.3. The van der Waals surface area contributed by atoms with Gasteiger partial charge in [0.25, 0.3) is 0 Å². The van der Waals surface area contributed by atoms with Crippen molar-refractivity contribution < 1.29 is 9.59 Å². The highest BCUT2D eigenvalue weighted by atomic mass is 33.7. The van der Waals surface area contributed by atoms with Gasteiger partial charge in [-0.15, -0.1) is 0 Å². The van der Waals surface area contributed by atoms with Crippen molar-refractivity contribution in [2.24, 2.45) is 11.5 Å². The molecule has 0 aliphatic carbocycles. The Kier molecular flexibility index (Phi) is 12.1. The molecule has 0 unspecified atom stereocenters. The molecule has 4 N–H and O–H groups in total. The van der Waals surface area contributed by atoms with Crippen LogP contribution in [-0.4, -0.2) is 23.3 Å². The minimum Gasteiger partial charge on any atom is -0.370 e. The maximum atomic E-state index is 10.4. The van der Waals surface area contributed by atoms with Gasteiger partial charge >= 0.3 is 0 Å². The van der Waals surface area contributed by atoms with Gasteiger partial charge in [0.2, 0.25) is 11.8 Å². The fraction of sp³-hybridized carbons (Fsp3) is 0.750. The van der Waals surface area contributed by atoms with Crippen LogP contribution in [0.5, 0.6) is 0 Å². The lowest BCUT2D eigenvalue weighted by molar-refractivity contribution is -0.118. The summed E-state index contributed by atoms with van der Waals surface area (Å²) < 4.78 is 0. The molecule has 0 rings (SSSR count). The topological polar surface area (TPSA) is 86.2 Å². The summed E-state index contributed by atoms with van der Waals surface area (Å²) in [5, 5.41) is 0. The van der Waals surface area contributed by atoms with E-state index in [-0.39, 0.29) is 11.8 Å². The van der Waals surface area contributed by atoms with E-state index in [0.29, 0.717) is 12.8 Å². The number of primary amides is 2. The zero-order valence-corrected chi connectivity index (χ0v) is 12.1. The van der Waals surface area contributed by atoms with E-state index < -0.39 is 0 Å². The van der Waals surface area contributed by atoms with Crippen molar-refractivity contribution in [1.29, 1.82) is 0 Å². The standard InChI is InChI=1S/C8H16N2O2S4/c9-7(11)3-1-5-13-15-16-14-6-2-4-8(10)12/h1-6H2,(H2,9,11)(H2,10,12). The third-order valence-electron chi connectivity index (χ3n) is 1.43. The van der Waals surface area contributed by atoms with E-state index in [9.17, 15) is 9.59 Å². The van der Waals surface area contributed by atoms with Crippen LogP contribution >= 0.6 is 41.2 Å². The molecule has 0 radical (unpaired) electrons. The minimum atomic E-state index is -0.237. The Balaban J connectivity index is 2.98. The number of hydrogen-bond acceptors (Lipinski definition) is 6. The first-order chi connectivity index (χ1) is 7.63. The second-order valence-corrected chi connectivity index (χ2v) is 9.16. The van der Waals surface area contributed by atoms with Crippen LogP contribution in [0.4, 0.5) is 0 Å². The summed E-state index contributed by atoms with van der Waals surface area (Å²) in [5.41, 5.74) is 10.0. The molecule has 0 heterocycles. The number of nitrogens with two attached hydrogens (primary N) is 2. The van der Waals surface area contributed by atoms with Crippen LogP contribution in [0.2, 0.25) is 0 Å². The number of rotatable bonds is 11. The van der Waals surface area contributed by atoms with Crippen LogP contribution in [0.1, 0.15) is 25.7 Å². The summed E-state index contributed by atoms with van der Waals surface area (Å²) in [4.78, 5) is 20.8. The molecule has 4 nitrogen and oxygen atoms in total. The second-order valence-electron chi connectivity index (χ2n) is 2.92. The van der Waals surface area contributed by atoms with E-state index in [2.05, 4.69) is 0 Å². The van der Waals surface area contributed by atoms with Crippen LogP contribution < -0.4 is 11.5 Å². The summed E-state index contributed by atoms with van der Waals surface area (Å²) in [6.07, 6.45) is 2.59. The van der Waals surface area contributed by atoms with Crippen LogP contribution in [0, 0.1) is 0 Å². The molecular formula is C8H16N2O2S4. The van der Waals surface area contributed by atoms with Crippen LogP contribution in [0.25, 0.3) is 0 Å². The second kappa shape index (κ2) is 11.8. The lowest BCUT2D eigenvalue weighted by Crippen LogP contribution is -2.09. The largest absolute Gasteiger partial charge is 0.370 e. The average Bonchev–Trinajstić information content (AvgIpc) is 2.20. The van der Waals surface area contributed by atoms with E-state index in [1.807, 2.05) is 0 Å². The molecule has 0 aliphatic rings. The summed E-state index contributed by atoms with van der Waals surface area (Å²) >= 11 is 0. The van der Waals surface area contributed by atoms with E-state index in [0.717, 1.165) is 24.3 Å². The molecule has 0 atom stereocenters. The molecule has 0 fully saturated rings. The summed E-state index contributed by atoms with van der Waals surface area (Å²) in [6.45, 7) is 0. The Hall–Kier alpha value is 0.340. The maximum absolute atomic E-state index is 10.4. The molecule has 16 heavy (non-hydrogen) atoms. The Labute approximate surface area is 111 Å². The van der Waals surface area contributed by atoms with E-state index in [1.54, 1.807) is 41.2 Å². The highest BCUT2D eigenvalue weighted by Crippen LogP contribution is 2.43. The Bertz CT molecular complexity index is 194. The van der Waals surface area contributed by atoms with Gasteiger partial charge in [-0.2, -0.15) is 0 Å². The predicted octanol–water partition coefficient (Wildman–Crippen LogP) is 2.20. The van der Waals surface area contributed by atoms with Crippen molar-refractivity contribution in [2.45, 2.75) is 25.7 Å². The van der Waals surface area contributed by atoms with Crippen molar-refractivity contribution in [3.8, 4) is 0 Å². The zero-order valence-electron chi connectivity index (χ0n) is 8.85. The fourth-order valence-electron chi connectivity index (χ4n) is 0.718. The molecule has 2 amide bonds. The monoisotopic (exact) mass is 300 g/mol. The van der Waals surface area contributed by atoms with Crippen LogP contribution in [0.15, 0.2) is 0 Å². The normalized spacial score (nSPS) is 10.2. The highest BCUT2D eigenvalue weighted by molar-refractivity contribution is 9.26. The van der Waals surface area contributed by atoms with Gasteiger partial charge in [-0.1, -0.05) is 21.6 Å². The van der Waals surface area contributed by atoms with Gasteiger partial charge in [0.1, 0.15) is 0 Å². The van der Waals surface area contributed by atoms with Crippen molar-refractivity contribution in [2.75, 3.05) is 11.5 Å². The SMILES string of the molecule is NC(=O)CCCSSSSCCCC(N)=O. The fourth-order valence-corrected chi connectivity index (χ4v) is 6.86. The smallest absolute Gasteiger partial charge is 0.217 e. The molecule has 0 spiro atoms. The molecule has 0 bridgehead atoms. The van der Waals surface area contributed by atoms with Gasteiger partial charge in [-0.05, 0) is 32.5 Å². The predicted molar refractivity (Wildman–Crippen MR) is 77.0 cm³/mol. The number of carbonyl (C=O) groups excluding carboxylic acids is 2. The molecule has 0 aromatic rings. The first-order valence-electron chi connectivity index (χ1n) is 4.77. The molecule has 94 valence electrons. The summed E-state index contributed by atoms with van der Waals surface area (Å²) in [7, 11) is 6.82. The van der Waals surface area contributed by atoms with E-state index in [1.165, 1.54) is 0 Å². The first kappa shape index (κ1) is 16.3. The van der Waals surface area contributed by atoms with E-state index >= 15 is 0 Å². The van der Waals surface area contributed by atoms with Crippen LogP contribution in [0.3, 0.4) is 0 Å². The zero-order chi connectivity index (χ0) is 12.2. The van der Waals surface area contributed by atoms with Crippen molar-refractivity contribution in [3.05, 3.63) is 0 Å². The van der Waals surface area contributed by atoms with E-state index in [4.69, 9.17) is 11.5 Å². The van der Waals surface area contributed by atoms with Gasteiger partial charge in [-0.3, -0.25) is 9.59 Å². The van der Waals surface area contributed by atoms with Crippen LogP contribution in [-0.2, 0) is 9.59 Å². The molecule has 0 aliphatic heterocycles. The number of hydrogen-bond donors (Lipinski definition) is 2. The molecule has 8 heteroatoms. The average molecular weight is 300 g/mol. The molecular weight excluding hydrogens is 284 g/mol. The molecule has 0 aromatic carbocycles. The van der Waals surface area contributed by atoms with Crippen molar-refractivity contribution in [3.63, 3.8) is 0 Å². The summed E-state index contributed by atoms with van der Waals surface area (Å²) in [5.74, 6) is 1.39. The minimum absolute atomic E-state index is 0.237. The third kappa shape index (κ3) is 14.3. The van der Waals surface area contributed by atoms with Crippen molar-refractivity contribution in [1.82, 2.24) is 0 Å². The Morgan fingerprint density at radius 3 is 1.50 bits per heavy atom. The first-order valence-corrected chi connectivity index (χ1v) is 9.92. The maximum Gasteiger partial charge on any atom is 0.217 e. The van der Waals surface area contributed by atoms with Gasteiger partial charge in [-0.25, -0.2) is 0 Å². The van der Waals surface area contributed by atoms with Gasteiger partial charge < -0.3 is 11.5 Å². The lowest BCUT2D eigenvalue weighted by Gasteiger charge is -1.99. The Morgan fingerprint density at radius 1 is 0.812 bits per heavy atom. The molecule has 0 aromatic heterocycles. The van der Waals surface area contributed by atoms with Crippen molar-refractivity contribution >= 4 is 53.1 Å². The number of amides is 2. The van der Waals surface area contributed by atoms with Gasteiger partial charge in [0.15, 0.2) is 0 Å². The third-order valence-corrected chi connectivity index (χ3v) is 8.06. The highest BCUT2D eigenvalue weighted by Gasteiger charge is 1.97.